The van der Waals surface area contributed by atoms with Crippen LogP contribution in [0.5, 0.6) is 0 Å². The number of allylic oxidation sites excluding steroid dienone is 2. The molecule has 0 bridgehead atoms. The Kier molecular flexibility index (Phi) is 5.24. The Morgan fingerprint density at radius 1 is 1.25 bits per heavy atom. The monoisotopic (exact) mass is 222 g/mol. The van der Waals surface area contributed by atoms with Crippen molar-refractivity contribution in [1.82, 2.24) is 0 Å². The Labute approximate surface area is 100 Å². The van der Waals surface area contributed by atoms with E-state index in [-0.39, 0.29) is 5.41 Å². The molecule has 0 heterocycles. The summed E-state index contributed by atoms with van der Waals surface area (Å²) < 4.78 is 0. The van der Waals surface area contributed by atoms with E-state index in [1.54, 1.807) is 0 Å². The molecule has 0 aliphatic heterocycles. The van der Waals surface area contributed by atoms with Gasteiger partial charge in [-0.2, -0.15) is 0 Å². The fourth-order valence-corrected chi connectivity index (χ4v) is 2.54. The SMILES string of the molecule is CC(C)=CCCC1(C)CCCCCCC1=O. The molecule has 1 aliphatic rings. The molecule has 1 saturated carbocycles. The van der Waals surface area contributed by atoms with Gasteiger partial charge in [-0.05, 0) is 39.5 Å². The third kappa shape index (κ3) is 4.11. The van der Waals surface area contributed by atoms with Crippen LogP contribution >= 0.6 is 0 Å². The second-order valence-electron chi connectivity index (χ2n) is 5.72. The van der Waals surface area contributed by atoms with Crippen LogP contribution in [0.15, 0.2) is 11.6 Å². The Morgan fingerprint density at radius 3 is 2.62 bits per heavy atom. The number of carbonyl (C=O) groups is 1. The third-order valence-electron chi connectivity index (χ3n) is 3.80. The van der Waals surface area contributed by atoms with Crippen molar-refractivity contribution in [2.75, 3.05) is 0 Å². The van der Waals surface area contributed by atoms with Crippen LogP contribution in [0.4, 0.5) is 0 Å². The molecule has 0 aromatic rings. The van der Waals surface area contributed by atoms with E-state index in [2.05, 4.69) is 26.8 Å². The molecule has 0 saturated heterocycles. The topological polar surface area (TPSA) is 17.1 Å². The van der Waals surface area contributed by atoms with Gasteiger partial charge in [-0.25, -0.2) is 0 Å². The van der Waals surface area contributed by atoms with Crippen molar-refractivity contribution in [3.63, 3.8) is 0 Å². The number of carbonyl (C=O) groups excluding carboxylic acids is 1. The van der Waals surface area contributed by atoms with E-state index in [1.165, 1.54) is 24.8 Å². The fourth-order valence-electron chi connectivity index (χ4n) is 2.54. The van der Waals surface area contributed by atoms with E-state index in [0.29, 0.717) is 5.78 Å². The molecule has 1 heteroatoms. The molecule has 0 amide bonds. The predicted molar refractivity (Wildman–Crippen MR) is 69.5 cm³/mol. The molecule has 0 radical (unpaired) electrons. The average Bonchev–Trinajstić information content (AvgIpc) is 2.20. The summed E-state index contributed by atoms with van der Waals surface area (Å²) in [6.45, 7) is 6.43. The maximum absolute atomic E-state index is 12.1. The van der Waals surface area contributed by atoms with Gasteiger partial charge in [0.05, 0.1) is 0 Å². The van der Waals surface area contributed by atoms with E-state index in [0.717, 1.165) is 32.1 Å². The van der Waals surface area contributed by atoms with E-state index < -0.39 is 0 Å². The first-order valence-corrected chi connectivity index (χ1v) is 6.71. The lowest BCUT2D eigenvalue weighted by Gasteiger charge is -2.29. The Balaban J connectivity index is 2.55. The minimum atomic E-state index is -0.0353. The summed E-state index contributed by atoms with van der Waals surface area (Å²) in [7, 11) is 0. The van der Waals surface area contributed by atoms with Gasteiger partial charge in [0.2, 0.25) is 0 Å². The van der Waals surface area contributed by atoms with Crippen LogP contribution < -0.4 is 0 Å². The summed E-state index contributed by atoms with van der Waals surface area (Å²) in [4.78, 5) is 12.1. The van der Waals surface area contributed by atoms with E-state index >= 15 is 0 Å². The summed E-state index contributed by atoms with van der Waals surface area (Å²) in [6, 6.07) is 0. The summed E-state index contributed by atoms with van der Waals surface area (Å²) in [5, 5.41) is 0. The van der Waals surface area contributed by atoms with Gasteiger partial charge in [0.15, 0.2) is 0 Å². The van der Waals surface area contributed by atoms with Crippen molar-refractivity contribution in [2.45, 2.75) is 72.1 Å². The van der Waals surface area contributed by atoms with Gasteiger partial charge in [0.1, 0.15) is 5.78 Å². The molecular formula is C15H26O. The number of hydrogen-bond donors (Lipinski definition) is 0. The van der Waals surface area contributed by atoms with Crippen molar-refractivity contribution in [3.8, 4) is 0 Å². The summed E-state index contributed by atoms with van der Waals surface area (Å²) in [6.07, 6.45) is 11.2. The van der Waals surface area contributed by atoms with Gasteiger partial charge in [-0.15, -0.1) is 0 Å². The highest BCUT2D eigenvalue weighted by Crippen LogP contribution is 2.35. The van der Waals surface area contributed by atoms with Crippen LogP contribution in [-0.2, 0) is 4.79 Å². The van der Waals surface area contributed by atoms with Crippen LogP contribution in [0.2, 0.25) is 0 Å². The Morgan fingerprint density at radius 2 is 1.94 bits per heavy atom. The van der Waals surface area contributed by atoms with Crippen molar-refractivity contribution in [3.05, 3.63) is 11.6 Å². The summed E-state index contributed by atoms with van der Waals surface area (Å²) >= 11 is 0. The van der Waals surface area contributed by atoms with Gasteiger partial charge in [0.25, 0.3) is 0 Å². The fraction of sp³-hybridized carbons (Fsp3) is 0.800. The average molecular weight is 222 g/mol. The Hall–Kier alpha value is -0.590. The quantitative estimate of drug-likeness (QED) is 0.635. The highest BCUT2D eigenvalue weighted by molar-refractivity contribution is 5.84. The predicted octanol–water partition coefficient (Wildman–Crippen LogP) is 4.66. The smallest absolute Gasteiger partial charge is 0.138 e. The minimum absolute atomic E-state index is 0.0353. The zero-order chi connectivity index (χ0) is 12.0. The largest absolute Gasteiger partial charge is 0.299 e. The lowest BCUT2D eigenvalue weighted by molar-refractivity contribution is -0.129. The second-order valence-corrected chi connectivity index (χ2v) is 5.72. The van der Waals surface area contributed by atoms with Crippen LogP contribution in [0, 0.1) is 5.41 Å². The highest BCUT2D eigenvalue weighted by atomic mass is 16.1. The molecule has 0 spiro atoms. The molecule has 16 heavy (non-hydrogen) atoms. The van der Waals surface area contributed by atoms with Crippen LogP contribution in [0.1, 0.15) is 72.1 Å². The normalized spacial score (nSPS) is 27.1. The Bertz CT molecular complexity index is 261. The van der Waals surface area contributed by atoms with Gasteiger partial charge in [0, 0.05) is 11.8 Å². The molecule has 1 aliphatic carbocycles. The zero-order valence-corrected chi connectivity index (χ0v) is 11.1. The number of ketones is 1. The van der Waals surface area contributed by atoms with Crippen LogP contribution in [0.25, 0.3) is 0 Å². The van der Waals surface area contributed by atoms with Gasteiger partial charge in [-0.3, -0.25) is 4.79 Å². The first kappa shape index (κ1) is 13.5. The van der Waals surface area contributed by atoms with Gasteiger partial charge >= 0.3 is 0 Å². The van der Waals surface area contributed by atoms with E-state index in [9.17, 15) is 4.79 Å². The lowest BCUT2D eigenvalue weighted by Crippen LogP contribution is -2.28. The zero-order valence-electron chi connectivity index (χ0n) is 11.1. The molecule has 1 rings (SSSR count). The summed E-state index contributed by atoms with van der Waals surface area (Å²) in [5.41, 5.74) is 1.33. The number of Topliss-reactive ketones (excluding diaryl/α,β-unsaturated/α-hetero) is 1. The second kappa shape index (κ2) is 6.22. The summed E-state index contributed by atoms with van der Waals surface area (Å²) in [5.74, 6) is 0.509. The van der Waals surface area contributed by atoms with Gasteiger partial charge < -0.3 is 0 Å². The number of rotatable bonds is 3. The highest BCUT2D eigenvalue weighted by Gasteiger charge is 2.31. The van der Waals surface area contributed by atoms with E-state index in [4.69, 9.17) is 0 Å². The van der Waals surface area contributed by atoms with Crippen LogP contribution in [0.3, 0.4) is 0 Å². The first-order chi connectivity index (χ1) is 7.54. The van der Waals surface area contributed by atoms with E-state index in [1.807, 2.05) is 0 Å². The third-order valence-corrected chi connectivity index (χ3v) is 3.80. The van der Waals surface area contributed by atoms with Crippen LogP contribution in [-0.4, -0.2) is 5.78 Å². The lowest BCUT2D eigenvalue weighted by atomic mass is 9.74. The number of hydrogen-bond acceptors (Lipinski definition) is 1. The molecular weight excluding hydrogens is 196 g/mol. The van der Waals surface area contributed by atoms with Crippen molar-refractivity contribution in [1.29, 1.82) is 0 Å². The maximum atomic E-state index is 12.1. The molecule has 0 N–H and O–H groups in total. The molecule has 1 nitrogen and oxygen atoms in total. The molecule has 1 fully saturated rings. The molecule has 1 atom stereocenters. The minimum Gasteiger partial charge on any atom is -0.299 e. The molecule has 92 valence electrons. The standard InChI is InChI=1S/C15H26O/c1-13(2)9-8-12-15(3)11-7-5-4-6-10-14(15)16/h9H,4-8,10-12H2,1-3H3. The molecule has 0 aromatic heterocycles. The van der Waals surface area contributed by atoms with Crippen molar-refractivity contribution in [2.24, 2.45) is 5.41 Å². The van der Waals surface area contributed by atoms with Crippen molar-refractivity contribution < 1.29 is 4.79 Å². The maximum Gasteiger partial charge on any atom is 0.138 e. The molecule has 1 unspecified atom stereocenters. The molecule has 0 aromatic carbocycles. The first-order valence-electron chi connectivity index (χ1n) is 6.71. The van der Waals surface area contributed by atoms with Crippen molar-refractivity contribution >= 4 is 5.78 Å². The van der Waals surface area contributed by atoms with Gasteiger partial charge in [-0.1, -0.05) is 37.8 Å².